The molecule has 0 unspecified atom stereocenters. The quantitative estimate of drug-likeness (QED) is 0.921. The SMILES string of the molecule is CC1(C)CCCN(C(=O)c2ccccc2CCN)CC1. The molecule has 20 heavy (non-hydrogen) atoms. The van der Waals surface area contributed by atoms with Crippen LogP contribution in [-0.2, 0) is 6.42 Å². The van der Waals surface area contributed by atoms with Gasteiger partial charge in [0, 0.05) is 18.7 Å². The fourth-order valence-electron chi connectivity index (χ4n) is 2.90. The van der Waals surface area contributed by atoms with Crippen LogP contribution in [0.5, 0.6) is 0 Å². The molecule has 0 bridgehead atoms. The summed E-state index contributed by atoms with van der Waals surface area (Å²) in [4.78, 5) is 14.8. The van der Waals surface area contributed by atoms with Gasteiger partial charge in [-0.05, 0) is 49.3 Å². The number of carbonyl (C=O) groups excluding carboxylic acids is 1. The molecule has 1 aliphatic rings. The minimum Gasteiger partial charge on any atom is -0.339 e. The first kappa shape index (κ1) is 15.0. The Balaban J connectivity index is 2.15. The second-order valence-electron chi connectivity index (χ2n) is 6.51. The van der Waals surface area contributed by atoms with Gasteiger partial charge >= 0.3 is 0 Å². The topological polar surface area (TPSA) is 46.3 Å². The van der Waals surface area contributed by atoms with Crippen molar-refractivity contribution in [2.75, 3.05) is 19.6 Å². The van der Waals surface area contributed by atoms with Gasteiger partial charge in [-0.15, -0.1) is 0 Å². The molecule has 2 N–H and O–H groups in total. The number of carbonyl (C=O) groups is 1. The molecule has 0 spiro atoms. The lowest BCUT2D eigenvalue weighted by Gasteiger charge is -2.24. The Morgan fingerprint density at radius 1 is 1.25 bits per heavy atom. The fraction of sp³-hybridized carbons (Fsp3) is 0.588. The highest BCUT2D eigenvalue weighted by atomic mass is 16.2. The van der Waals surface area contributed by atoms with Crippen LogP contribution in [-0.4, -0.2) is 30.4 Å². The number of hydrogen-bond acceptors (Lipinski definition) is 2. The molecule has 0 saturated carbocycles. The van der Waals surface area contributed by atoms with Crippen molar-refractivity contribution in [3.63, 3.8) is 0 Å². The molecule has 0 atom stereocenters. The standard InChI is InChI=1S/C17H26N2O/c1-17(2)9-5-12-19(13-10-17)16(20)15-7-4-3-6-14(15)8-11-18/h3-4,6-7H,5,8-13,18H2,1-2H3. The van der Waals surface area contributed by atoms with E-state index in [1.807, 2.05) is 29.2 Å². The highest BCUT2D eigenvalue weighted by Crippen LogP contribution is 2.30. The second kappa shape index (κ2) is 6.40. The Hall–Kier alpha value is -1.35. The Kier molecular flexibility index (Phi) is 4.81. The van der Waals surface area contributed by atoms with Gasteiger partial charge < -0.3 is 10.6 Å². The first-order valence-corrected chi connectivity index (χ1v) is 7.61. The third-order valence-corrected chi connectivity index (χ3v) is 4.29. The summed E-state index contributed by atoms with van der Waals surface area (Å²) in [6.07, 6.45) is 4.14. The monoisotopic (exact) mass is 274 g/mol. The number of nitrogens with two attached hydrogens (primary N) is 1. The van der Waals surface area contributed by atoms with Crippen molar-refractivity contribution in [2.45, 2.75) is 39.5 Å². The minimum absolute atomic E-state index is 0.173. The van der Waals surface area contributed by atoms with Crippen molar-refractivity contribution < 1.29 is 4.79 Å². The van der Waals surface area contributed by atoms with E-state index in [0.29, 0.717) is 12.0 Å². The molecule has 110 valence electrons. The van der Waals surface area contributed by atoms with Crippen LogP contribution in [0, 0.1) is 5.41 Å². The molecule has 1 heterocycles. The number of benzene rings is 1. The number of hydrogen-bond donors (Lipinski definition) is 1. The van der Waals surface area contributed by atoms with Gasteiger partial charge in [0.05, 0.1) is 0 Å². The van der Waals surface area contributed by atoms with Crippen LogP contribution >= 0.6 is 0 Å². The summed E-state index contributed by atoms with van der Waals surface area (Å²) in [7, 11) is 0. The molecule has 1 aliphatic heterocycles. The molecule has 0 aromatic heterocycles. The highest BCUT2D eigenvalue weighted by molar-refractivity contribution is 5.95. The van der Waals surface area contributed by atoms with Gasteiger partial charge in [0.25, 0.3) is 5.91 Å². The summed E-state index contributed by atoms with van der Waals surface area (Å²) >= 11 is 0. The van der Waals surface area contributed by atoms with E-state index < -0.39 is 0 Å². The Morgan fingerprint density at radius 3 is 2.75 bits per heavy atom. The van der Waals surface area contributed by atoms with Crippen molar-refractivity contribution in [1.29, 1.82) is 0 Å². The summed E-state index contributed by atoms with van der Waals surface area (Å²) in [6, 6.07) is 7.87. The van der Waals surface area contributed by atoms with Crippen molar-refractivity contribution in [3.8, 4) is 0 Å². The molecule has 1 saturated heterocycles. The predicted molar refractivity (Wildman–Crippen MR) is 82.7 cm³/mol. The lowest BCUT2D eigenvalue weighted by molar-refractivity contribution is 0.0756. The number of amides is 1. The lowest BCUT2D eigenvalue weighted by atomic mass is 9.85. The normalized spacial score (nSPS) is 18.6. The van der Waals surface area contributed by atoms with Crippen LogP contribution in [0.1, 0.15) is 49.0 Å². The zero-order chi connectivity index (χ0) is 14.6. The first-order valence-electron chi connectivity index (χ1n) is 7.61. The summed E-state index contributed by atoms with van der Waals surface area (Å²) in [5.74, 6) is 0.173. The molecule has 1 amide bonds. The molecule has 0 radical (unpaired) electrons. The summed E-state index contributed by atoms with van der Waals surface area (Å²) in [6.45, 7) is 6.91. The predicted octanol–water partition coefficient (Wildman–Crippen LogP) is 2.84. The zero-order valence-corrected chi connectivity index (χ0v) is 12.7. The Bertz CT molecular complexity index is 468. The average molecular weight is 274 g/mol. The van der Waals surface area contributed by atoms with Crippen LogP contribution in [0.3, 0.4) is 0 Å². The van der Waals surface area contributed by atoms with E-state index in [1.54, 1.807) is 0 Å². The third-order valence-electron chi connectivity index (χ3n) is 4.29. The Labute approximate surface area is 122 Å². The van der Waals surface area contributed by atoms with E-state index >= 15 is 0 Å². The smallest absolute Gasteiger partial charge is 0.254 e. The van der Waals surface area contributed by atoms with E-state index in [0.717, 1.165) is 43.5 Å². The van der Waals surface area contributed by atoms with E-state index in [9.17, 15) is 4.79 Å². The Morgan fingerprint density at radius 2 is 2.00 bits per heavy atom. The van der Waals surface area contributed by atoms with E-state index in [1.165, 1.54) is 6.42 Å². The highest BCUT2D eigenvalue weighted by Gasteiger charge is 2.26. The van der Waals surface area contributed by atoms with Crippen molar-refractivity contribution in [3.05, 3.63) is 35.4 Å². The molecule has 3 heteroatoms. The van der Waals surface area contributed by atoms with Gasteiger partial charge in [-0.1, -0.05) is 32.0 Å². The van der Waals surface area contributed by atoms with Gasteiger partial charge in [-0.25, -0.2) is 0 Å². The van der Waals surface area contributed by atoms with Crippen LogP contribution in [0.15, 0.2) is 24.3 Å². The van der Waals surface area contributed by atoms with Crippen molar-refractivity contribution >= 4 is 5.91 Å². The van der Waals surface area contributed by atoms with Gasteiger partial charge in [0.1, 0.15) is 0 Å². The van der Waals surface area contributed by atoms with E-state index in [-0.39, 0.29) is 5.91 Å². The summed E-state index contributed by atoms with van der Waals surface area (Å²) in [5.41, 5.74) is 7.90. The molecule has 2 rings (SSSR count). The second-order valence-corrected chi connectivity index (χ2v) is 6.51. The van der Waals surface area contributed by atoms with Crippen LogP contribution in [0.2, 0.25) is 0 Å². The van der Waals surface area contributed by atoms with Gasteiger partial charge in [-0.3, -0.25) is 4.79 Å². The maximum atomic E-state index is 12.7. The first-order chi connectivity index (χ1) is 9.53. The summed E-state index contributed by atoms with van der Waals surface area (Å²) < 4.78 is 0. The molecular formula is C17H26N2O. The van der Waals surface area contributed by atoms with Gasteiger partial charge in [0.2, 0.25) is 0 Å². The average Bonchev–Trinajstić information content (AvgIpc) is 2.60. The minimum atomic E-state index is 0.173. The zero-order valence-electron chi connectivity index (χ0n) is 12.7. The molecule has 1 aromatic carbocycles. The maximum Gasteiger partial charge on any atom is 0.254 e. The van der Waals surface area contributed by atoms with Crippen LogP contribution in [0.25, 0.3) is 0 Å². The van der Waals surface area contributed by atoms with E-state index in [4.69, 9.17) is 5.73 Å². The number of rotatable bonds is 3. The van der Waals surface area contributed by atoms with Crippen LogP contribution < -0.4 is 5.73 Å². The largest absolute Gasteiger partial charge is 0.339 e. The molecule has 0 aliphatic carbocycles. The molecule has 1 aromatic rings. The van der Waals surface area contributed by atoms with Crippen molar-refractivity contribution in [2.24, 2.45) is 11.1 Å². The summed E-state index contributed by atoms with van der Waals surface area (Å²) in [5, 5.41) is 0. The fourth-order valence-corrected chi connectivity index (χ4v) is 2.90. The van der Waals surface area contributed by atoms with E-state index in [2.05, 4.69) is 13.8 Å². The number of likely N-dealkylation sites (tertiary alicyclic amines) is 1. The third kappa shape index (κ3) is 3.60. The van der Waals surface area contributed by atoms with Crippen LogP contribution in [0.4, 0.5) is 0 Å². The molecule has 1 fully saturated rings. The maximum absolute atomic E-state index is 12.7. The number of nitrogens with zero attached hydrogens (tertiary/aromatic N) is 1. The molecule has 3 nitrogen and oxygen atoms in total. The van der Waals surface area contributed by atoms with Gasteiger partial charge in [-0.2, -0.15) is 0 Å². The van der Waals surface area contributed by atoms with Gasteiger partial charge in [0.15, 0.2) is 0 Å². The lowest BCUT2D eigenvalue weighted by Crippen LogP contribution is -2.33. The molecular weight excluding hydrogens is 248 g/mol. The van der Waals surface area contributed by atoms with Crippen molar-refractivity contribution in [1.82, 2.24) is 4.90 Å².